The van der Waals surface area contributed by atoms with E-state index in [1.807, 2.05) is 0 Å². The lowest BCUT2D eigenvalue weighted by molar-refractivity contribution is 0.102. The second-order valence-corrected chi connectivity index (χ2v) is 5.51. The number of amides is 1. The van der Waals surface area contributed by atoms with Crippen LogP contribution in [0.5, 0.6) is 0 Å². The molecular weight excluding hydrogens is 345 g/mol. The smallest absolute Gasteiger partial charge is 0.282 e. The van der Waals surface area contributed by atoms with Crippen LogP contribution in [0, 0.1) is 5.82 Å². The van der Waals surface area contributed by atoms with Crippen molar-refractivity contribution in [3.8, 4) is 0 Å². The largest absolute Gasteiger partial charge is 0.355 e. The van der Waals surface area contributed by atoms with Crippen molar-refractivity contribution in [2.45, 2.75) is 6.43 Å². The Labute approximate surface area is 147 Å². The average molecular weight is 360 g/mol. The number of alkyl halides is 2. The first-order valence-electron chi connectivity index (χ1n) is 7.69. The fraction of sp³-hybridized carbons (Fsp3) is 0.111. The van der Waals surface area contributed by atoms with Crippen LogP contribution in [0.3, 0.4) is 0 Å². The third-order valence-electron chi connectivity index (χ3n) is 3.64. The molecule has 0 aliphatic carbocycles. The molecule has 1 heterocycles. The molecule has 3 aromatic rings. The first kappa shape index (κ1) is 17.5. The van der Waals surface area contributed by atoms with Crippen LogP contribution in [0.2, 0.25) is 0 Å². The van der Waals surface area contributed by atoms with Crippen molar-refractivity contribution in [3.63, 3.8) is 0 Å². The van der Waals surface area contributed by atoms with E-state index < -0.39 is 23.8 Å². The summed E-state index contributed by atoms with van der Waals surface area (Å²) in [6.07, 6.45) is -2.73. The molecule has 26 heavy (non-hydrogen) atoms. The van der Waals surface area contributed by atoms with Crippen LogP contribution in [0.1, 0.15) is 22.5 Å². The van der Waals surface area contributed by atoms with Crippen LogP contribution in [0.25, 0.3) is 0 Å². The van der Waals surface area contributed by atoms with Gasteiger partial charge in [-0.3, -0.25) is 9.48 Å². The van der Waals surface area contributed by atoms with Crippen molar-refractivity contribution in [1.29, 1.82) is 0 Å². The highest BCUT2D eigenvalue weighted by Gasteiger charge is 2.17. The van der Waals surface area contributed by atoms with Crippen LogP contribution in [-0.4, -0.2) is 15.7 Å². The highest BCUT2D eigenvalue weighted by Crippen LogP contribution is 2.24. The molecule has 1 amide bonds. The third-order valence-corrected chi connectivity index (χ3v) is 3.64. The summed E-state index contributed by atoms with van der Waals surface area (Å²) in [6, 6.07) is 13.5. The number of halogens is 3. The molecule has 5 nitrogen and oxygen atoms in total. The Morgan fingerprint density at radius 1 is 1.12 bits per heavy atom. The summed E-state index contributed by atoms with van der Waals surface area (Å²) < 4.78 is 40.0. The lowest BCUT2D eigenvalue weighted by atomic mass is 10.1. The summed E-state index contributed by atoms with van der Waals surface area (Å²) >= 11 is 0. The van der Waals surface area contributed by atoms with Gasteiger partial charge in [0.25, 0.3) is 12.3 Å². The summed E-state index contributed by atoms with van der Waals surface area (Å²) in [5.41, 5.74) is 0.781. The molecule has 3 rings (SSSR count). The minimum atomic E-state index is -2.73. The quantitative estimate of drug-likeness (QED) is 0.705. The lowest BCUT2D eigenvalue weighted by Gasteiger charge is -2.12. The van der Waals surface area contributed by atoms with Gasteiger partial charge >= 0.3 is 0 Å². The number of rotatable bonds is 5. The molecule has 0 fully saturated rings. The molecule has 2 N–H and O–H groups in total. The molecule has 0 aliphatic heterocycles. The molecule has 0 bridgehead atoms. The SMILES string of the molecule is Cn1nc(C(F)F)cc1NC(=O)c1ccccc1Nc1cccc(F)c1. The van der Waals surface area contributed by atoms with Crippen molar-refractivity contribution in [3.05, 3.63) is 71.7 Å². The van der Waals surface area contributed by atoms with Gasteiger partial charge in [-0.2, -0.15) is 5.10 Å². The number of aromatic nitrogens is 2. The zero-order valence-corrected chi connectivity index (χ0v) is 13.7. The van der Waals surface area contributed by atoms with Crippen molar-refractivity contribution in [1.82, 2.24) is 9.78 Å². The van der Waals surface area contributed by atoms with Crippen LogP contribution in [0.4, 0.5) is 30.4 Å². The molecule has 8 heteroatoms. The van der Waals surface area contributed by atoms with E-state index in [0.29, 0.717) is 11.4 Å². The number of anilines is 3. The zero-order valence-electron chi connectivity index (χ0n) is 13.7. The summed E-state index contributed by atoms with van der Waals surface area (Å²) in [7, 11) is 1.46. The highest BCUT2D eigenvalue weighted by molar-refractivity contribution is 6.08. The van der Waals surface area contributed by atoms with Gasteiger partial charge in [0.15, 0.2) is 0 Å². The molecule has 0 unspecified atom stereocenters. The first-order chi connectivity index (χ1) is 12.4. The van der Waals surface area contributed by atoms with Crippen LogP contribution in [-0.2, 0) is 7.05 Å². The van der Waals surface area contributed by atoms with Gasteiger partial charge < -0.3 is 10.6 Å². The summed E-state index contributed by atoms with van der Waals surface area (Å²) in [5.74, 6) is -0.773. The Bertz CT molecular complexity index is 940. The second-order valence-electron chi connectivity index (χ2n) is 5.51. The van der Waals surface area contributed by atoms with Gasteiger partial charge in [0.1, 0.15) is 17.3 Å². The van der Waals surface area contributed by atoms with Gasteiger partial charge in [-0.25, -0.2) is 13.2 Å². The maximum absolute atomic E-state index is 13.3. The fourth-order valence-electron chi connectivity index (χ4n) is 2.41. The Morgan fingerprint density at radius 3 is 2.58 bits per heavy atom. The van der Waals surface area contributed by atoms with Gasteiger partial charge in [-0.1, -0.05) is 18.2 Å². The number of nitrogens with zero attached hydrogens (tertiary/aromatic N) is 2. The lowest BCUT2D eigenvalue weighted by Crippen LogP contribution is -2.16. The maximum atomic E-state index is 13.3. The molecule has 0 atom stereocenters. The van der Waals surface area contributed by atoms with E-state index >= 15 is 0 Å². The van der Waals surface area contributed by atoms with E-state index in [0.717, 1.165) is 6.07 Å². The molecule has 0 saturated heterocycles. The van der Waals surface area contributed by atoms with Crippen molar-refractivity contribution >= 4 is 23.1 Å². The number of aryl methyl sites for hydroxylation is 1. The van der Waals surface area contributed by atoms with Crippen LogP contribution >= 0.6 is 0 Å². The molecule has 0 spiro atoms. The number of hydrogen-bond donors (Lipinski definition) is 2. The van der Waals surface area contributed by atoms with Crippen molar-refractivity contribution in [2.24, 2.45) is 7.05 Å². The Kier molecular flexibility index (Phi) is 4.92. The Morgan fingerprint density at radius 2 is 1.88 bits per heavy atom. The predicted molar refractivity (Wildman–Crippen MR) is 92.2 cm³/mol. The van der Waals surface area contributed by atoms with E-state index in [-0.39, 0.29) is 11.4 Å². The van der Waals surface area contributed by atoms with Crippen molar-refractivity contribution in [2.75, 3.05) is 10.6 Å². The monoisotopic (exact) mass is 360 g/mol. The standard InChI is InChI=1S/C18H15F3N4O/c1-25-16(10-15(24-25)17(20)21)23-18(26)13-7-2-3-8-14(13)22-12-6-4-5-11(19)9-12/h2-10,17,22H,1H3,(H,23,26). The number of hydrogen-bond acceptors (Lipinski definition) is 3. The average Bonchev–Trinajstić information content (AvgIpc) is 2.96. The normalized spacial score (nSPS) is 10.8. The van der Waals surface area contributed by atoms with Crippen LogP contribution < -0.4 is 10.6 Å². The number of benzene rings is 2. The number of carbonyl (C=O) groups is 1. The number of nitrogens with one attached hydrogen (secondary N) is 2. The van der Waals surface area contributed by atoms with E-state index in [1.165, 1.54) is 23.9 Å². The van der Waals surface area contributed by atoms with Gasteiger partial charge in [0.2, 0.25) is 0 Å². The van der Waals surface area contributed by atoms with Gasteiger partial charge in [0.05, 0.1) is 11.3 Å². The van der Waals surface area contributed by atoms with Crippen molar-refractivity contribution < 1.29 is 18.0 Å². The minimum absolute atomic E-state index is 0.144. The summed E-state index contributed by atoms with van der Waals surface area (Å²) in [5, 5.41) is 9.18. The molecule has 0 radical (unpaired) electrons. The van der Waals surface area contributed by atoms with E-state index in [2.05, 4.69) is 15.7 Å². The predicted octanol–water partition coefficient (Wildman–Crippen LogP) is 4.49. The minimum Gasteiger partial charge on any atom is -0.355 e. The van der Waals surface area contributed by atoms with Crippen LogP contribution in [0.15, 0.2) is 54.6 Å². The van der Waals surface area contributed by atoms with E-state index in [9.17, 15) is 18.0 Å². The maximum Gasteiger partial charge on any atom is 0.282 e. The number of para-hydroxylation sites is 1. The Balaban J connectivity index is 1.84. The zero-order chi connectivity index (χ0) is 18.7. The molecule has 0 saturated carbocycles. The molecule has 0 aliphatic rings. The van der Waals surface area contributed by atoms with Gasteiger partial charge in [-0.15, -0.1) is 0 Å². The summed E-state index contributed by atoms with van der Waals surface area (Å²) in [6.45, 7) is 0. The van der Waals surface area contributed by atoms with E-state index in [1.54, 1.807) is 36.4 Å². The molecule has 2 aromatic carbocycles. The van der Waals surface area contributed by atoms with Gasteiger partial charge in [0, 0.05) is 18.8 Å². The number of carbonyl (C=O) groups excluding carboxylic acids is 1. The topological polar surface area (TPSA) is 59.0 Å². The highest BCUT2D eigenvalue weighted by atomic mass is 19.3. The second kappa shape index (κ2) is 7.30. The third kappa shape index (κ3) is 3.85. The van der Waals surface area contributed by atoms with E-state index in [4.69, 9.17) is 0 Å². The summed E-state index contributed by atoms with van der Waals surface area (Å²) in [4.78, 5) is 12.6. The molecule has 134 valence electrons. The fourth-order valence-corrected chi connectivity index (χ4v) is 2.41. The molecular formula is C18H15F3N4O. The molecule has 1 aromatic heterocycles. The van der Waals surface area contributed by atoms with Gasteiger partial charge in [-0.05, 0) is 30.3 Å². The Hall–Kier alpha value is -3.29. The first-order valence-corrected chi connectivity index (χ1v) is 7.69.